The van der Waals surface area contributed by atoms with Gasteiger partial charge in [0, 0.05) is 18.6 Å². The first-order valence-corrected chi connectivity index (χ1v) is 7.22. The summed E-state index contributed by atoms with van der Waals surface area (Å²) >= 11 is 0. The molecule has 0 radical (unpaired) electrons. The summed E-state index contributed by atoms with van der Waals surface area (Å²) in [4.78, 5) is 14.7. The Morgan fingerprint density at radius 2 is 1.90 bits per heavy atom. The average Bonchev–Trinajstić information content (AvgIpc) is 2.46. The first-order valence-electron chi connectivity index (χ1n) is 7.22. The van der Waals surface area contributed by atoms with E-state index in [2.05, 4.69) is 0 Å². The van der Waals surface area contributed by atoms with Gasteiger partial charge in [-0.15, -0.1) is 12.4 Å². The highest BCUT2D eigenvalue weighted by Crippen LogP contribution is 2.25. The molecule has 1 aromatic carbocycles. The summed E-state index contributed by atoms with van der Waals surface area (Å²) in [6, 6.07) is 10.2. The van der Waals surface area contributed by atoms with Gasteiger partial charge in [0.15, 0.2) is 0 Å². The molecule has 3 nitrogen and oxygen atoms in total. The second kappa shape index (κ2) is 7.65. The largest absolute Gasteiger partial charge is 0.338 e. The lowest BCUT2D eigenvalue weighted by molar-refractivity contribution is -0.136. The van der Waals surface area contributed by atoms with Crippen LogP contribution in [0.3, 0.4) is 0 Å². The summed E-state index contributed by atoms with van der Waals surface area (Å²) in [7, 11) is 0. The predicted octanol–water partition coefficient (Wildman–Crippen LogP) is 2.94. The smallest absolute Gasteiger partial charge is 0.230 e. The van der Waals surface area contributed by atoms with Crippen LogP contribution in [0.15, 0.2) is 30.3 Å². The summed E-state index contributed by atoms with van der Waals surface area (Å²) in [5.41, 5.74) is 7.12. The fourth-order valence-corrected chi connectivity index (χ4v) is 2.91. The lowest BCUT2D eigenvalue weighted by atomic mass is 9.93. The van der Waals surface area contributed by atoms with Crippen molar-refractivity contribution in [3.8, 4) is 0 Å². The van der Waals surface area contributed by atoms with Crippen molar-refractivity contribution in [1.82, 2.24) is 4.90 Å². The Hall–Kier alpha value is -1.06. The molecule has 0 saturated carbocycles. The zero-order valence-electron chi connectivity index (χ0n) is 12.3. The highest BCUT2D eigenvalue weighted by atomic mass is 35.5. The number of halogens is 1. The summed E-state index contributed by atoms with van der Waals surface area (Å²) in [5, 5.41) is 0. The Morgan fingerprint density at radius 3 is 2.50 bits per heavy atom. The molecule has 1 saturated heterocycles. The van der Waals surface area contributed by atoms with Crippen LogP contribution in [0.5, 0.6) is 0 Å². The number of hydrogen-bond donors (Lipinski definition) is 1. The van der Waals surface area contributed by atoms with Crippen molar-refractivity contribution in [2.45, 2.75) is 51.1 Å². The highest BCUT2D eigenvalue weighted by Gasteiger charge is 2.31. The van der Waals surface area contributed by atoms with E-state index in [1.54, 1.807) is 0 Å². The molecule has 4 heteroatoms. The molecule has 3 atom stereocenters. The maximum Gasteiger partial charge on any atom is 0.230 e. The van der Waals surface area contributed by atoms with Crippen LogP contribution in [-0.4, -0.2) is 29.4 Å². The monoisotopic (exact) mass is 296 g/mol. The Bertz CT molecular complexity index is 422. The molecule has 1 heterocycles. The molecule has 1 amide bonds. The molecule has 1 aliphatic rings. The Morgan fingerprint density at radius 1 is 1.25 bits per heavy atom. The lowest BCUT2D eigenvalue weighted by Gasteiger charge is -2.39. The number of carbonyl (C=O) groups excluding carboxylic acids is 1. The Kier molecular flexibility index (Phi) is 6.50. The average molecular weight is 297 g/mol. The minimum absolute atomic E-state index is 0. The van der Waals surface area contributed by atoms with Crippen molar-refractivity contribution in [2.75, 3.05) is 6.54 Å². The Labute approximate surface area is 127 Å². The van der Waals surface area contributed by atoms with Crippen LogP contribution < -0.4 is 5.73 Å². The SMILES string of the molecule is CC(C(=O)N1CCCCC1C(C)N)c1ccccc1.Cl. The molecular weight excluding hydrogens is 272 g/mol. The summed E-state index contributed by atoms with van der Waals surface area (Å²) in [6.07, 6.45) is 3.30. The number of likely N-dealkylation sites (tertiary alicyclic amines) is 1. The van der Waals surface area contributed by atoms with Crippen LogP contribution in [0.2, 0.25) is 0 Å². The van der Waals surface area contributed by atoms with Crippen molar-refractivity contribution in [3.05, 3.63) is 35.9 Å². The van der Waals surface area contributed by atoms with Gasteiger partial charge in [0.1, 0.15) is 0 Å². The number of benzene rings is 1. The molecule has 1 aliphatic heterocycles. The van der Waals surface area contributed by atoms with Gasteiger partial charge in [0.25, 0.3) is 0 Å². The summed E-state index contributed by atoms with van der Waals surface area (Å²) in [6.45, 7) is 4.84. The molecular formula is C16H25ClN2O. The molecule has 0 bridgehead atoms. The standard InChI is InChI=1S/C16H24N2O.ClH/c1-12(14-8-4-3-5-9-14)16(19)18-11-7-6-10-15(18)13(2)17;/h3-5,8-9,12-13,15H,6-7,10-11,17H2,1-2H3;1H. The van der Waals surface area contributed by atoms with Gasteiger partial charge in [0.05, 0.1) is 5.92 Å². The van der Waals surface area contributed by atoms with Crippen molar-refractivity contribution in [3.63, 3.8) is 0 Å². The minimum atomic E-state index is -0.0828. The van der Waals surface area contributed by atoms with Gasteiger partial charge in [-0.25, -0.2) is 0 Å². The third kappa shape index (κ3) is 3.74. The number of nitrogens with two attached hydrogens (primary N) is 1. The first kappa shape index (κ1) is 17.0. The second-order valence-electron chi connectivity index (χ2n) is 5.59. The van der Waals surface area contributed by atoms with Crippen LogP contribution >= 0.6 is 12.4 Å². The van der Waals surface area contributed by atoms with Crippen LogP contribution in [0.4, 0.5) is 0 Å². The fraction of sp³-hybridized carbons (Fsp3) is 0.562. The van der Waals surface area contributed by atoms with Crippen LogP contribution in [0, 0.1) is 0 Å². The van der Waals surface area contributed by atoms with Gasteiger partial charge >= 0.3 is 0 Å². The Balaban J connectivity index is 0.00000200. The molecule has 112 valence electrons. The van der Waals surface area contributed by atoms with Gasteiger partial charge in [-0.2, -0.15) is 0 Å². The van der Waals surface area contributed by atoms with E-state index in [0.29, 0.717) is 0 Å². The third-order valence-corrected chi connectivity index (χ3v) is 4.11. The van der Waals surface area contributed by atoms with Gasteiger partial charge in [0.2, 0.25) is 5.91 Å². The van der Waals surface area contributed by atoms with E-state index < -0.39 is 0 Å². The molecule has 3 unspecified atom stereocenters. The minimum Gasteiger partial charge on any atom is -0.338 e. The van der Waals surface area contributed by atoms with E-state index in [1.807, 2.05) is 49.1 Å². The zero-order valence-corrected chi connectivity index (χ0v) is 13.1. The zero-order chi connectivity index (χ0) is 13.8. The number of amides is 1. The van der Waals surface area contributed by atoms with Crippen molar-refractivity contribution >= 4 is 18.3 Å². The number of hydrogen-bond acceptors (Lipinski definition) is 2. The predicted molar refractivity (Wildman–Crippen MR) is 85.1 cm³/mol. The lowest BCUT2D eigenvalue weighted by Crippen LogP contribution is -2.52. The number of piperidine rings is 1. The number of nitrogens with zero attached hydrogens (tertiary/aromatic N) is 1. The molecule has 2 N–H and O–H groups in total. The second-order valence-corrected chi connectivity index (χ2v) is 5.59. The number of rotatable bonds is 3. The maximum absolute atomic E-state index is 12.7. The highest BCUT2D eigenvalue weighted by molar-refractivity contribution is 5.85. The van der Waals surface area contributed by atoms with Crippen molar-refractivity contribution in [2.24, 2.45) is 5.73 Å². The van der Waals surface area contributed by atoms with Crippen molar-refractivity contribution < 1.29 is 4.79 Å². The topological polar surface area (TPSA) is 46.3 Å². The van der Waals surface area contributed by atoms with E-state index in [4.69, 9.17) is 5.73 Å². The third-order valence-electron chi connectivity index (χ3n) is 4.11. The van der Waals surface area contributed by atoms with Gasteiger partial charge < -0.3 is 10.6 Å². The molecule has 1 fully saturated rings. The van der Waals surface area contributed by atoms with E-state index in [-0.39, 0.29) is 36.3 Å². The molecule has 0 aliphatic carbocycles. The number of carbonyl (C=O) groups is 1. The van der Waals surface area contributed by atoms with E-state index in [1.165, 1.54) is 6.42 Å². The van der Waals surface area contributed by atoms with Crippen molar-refractivity contribution in [1.29, 1.82) is 0 Å². The van der Waals surface area contributed by atoms with Gasteiger partial charge in [-0.1, -0.05) is 30.3 Å². The van der Waals surface area contributed by atoms with Crippen LogP contribution in [0.25, 0.3) is 0 Å². The van der Waals surface area contributed by atoms with E-state index >= 15 is 0 Å². The molecule has 20 heavy (non-hydrogen) atoms. The molecule has 1 aromatic rings. The van der Waals surface area contributed by atoms with Gasteiger partial charge in [-0.3, -0.25) is 4.79 Å². The molecule has 0 spiro atoms. The summed E-state index contributed by atoms with van der Waals surface area (Å²) < 4.78 is 0. The fourth-order valence-electron chi connectivity index (χ4n) is 2.91. The maximum atomic E-state index is 12.7. The van der Waals surface area contributed by atoms with Gasteiger partial charge in [-0.05, 0) is 38.7 Å². The summed E-state index contributed by atoms with van der Waals surface area (Å²) in [5.74, 6) is 0.133. The van der Waals surface area contributed by atoms with Crippen LogP contribution in [-0.2, 0) is 4.79 Å². The molecule has 0 aromatic heterocycles. The van der Waals surface area contributed by atoms with Crippen LogP contribution in [0.1, 0.15) is 44.6 Å². The first-order chi connectivity index (χ1) is 9.11. The molecule has 2 rings (SSSR count). The normalized spacial score (nSPS) is 21.8. The van der Waals surface area contributed by atoms with E-state index in [0.717, 1.165) is 24.9 Å². The quantitative estimate of drug-likeness (QED) is 0.932. The van der Waals surface area contributed by atoms with E-state index in [9.17, 15) is 4.79 Å².